The maximum Gasteiger partial charge on any atom is 0.290 e. The van der Waals surface area contributed by atoms with Crippen LogP contribution in [0.15, 0.2) is 46.2 Å². The van der Waals surface area contributed by atoms with E-state index in [9.17, 15) is 9.90 Å². The molecule has 0 amide bonds. The molecule has 0 aliphatic carbocycles. The van der Waals surface area contributed by atoms with Crippen LogP contribution >= 0.6 is 23.4 Å². The Morgan fingerprint density at radius 1 is 1.26 bits per heavy atom. The van der Waals surface area contributed by atoms with Gasteiger partial charge in [-0.25, -0.2) is 0 Å². The Hall–Kier alpha value is -1.39. The third-order valence-corrected chi connectivity index (χ3v) is 3.96. The molecular weight excluding hydrogens is 282 g/mol. The van der Waals surface area contributed by atoms with Crippen LogP contribution in [0.25, 0.3) is 0 Å². The molecule has 0 unspecified atom stereocenters. The fourth-order valence-electron chi connectivity index (χ4n) is 1.65. The van der Waals surface area contributed by atoms with Gasteiger partial charge >= 0.3 is 0 Å². The average Bonchev–Trinajstić information content (AvgIpc) is 2.41. The SMILES string of the molecule is O=c1[nH]cc(SCCCc2ccc(Cl)cc2)cc1O. The van der Waals surface area contributed by atoms with Crippen molar-refractivity contribution in [1.82, 2.24) is 4.98 Å². The van der Waals surface area contributed by atoms with E-state index in [1.807, 2.05) is 24.3 Å². The molecule has 0 atom stereocenters. The number of benzene rings is 1. The lowest BCUT2D eigenvalue weighted by atomic mass is 10.1. The number of hydrogen-bond donors (Lipinski definition) is 2. The maximum absolute atomic E-state index is 11.0. The number of aromatic hydroxyl groups is 1. The molecule has 0 saturated heterocycles. The highest BCUT2D eigenvalue weighted by molar-refractivity contribution is 7.99. The Kier molecular flexibility index (Phi) is 4.93. The Morgan fingerprint density at radius 3 is 2.68 bits per heavy atom. The van der Waals surface area contributed by atoms with Crippen molar-refractivity contribution in [2.45, 2.75) is 17.7 Å². The highest BCUT2D eigenvalue weighted by Crippen LogP contribution is 2.20. The molecular formula is C14H14ClNO2S. The average molecular weight is 296 g/mol. The van der Waals surface area contributed by atoms with Crippen molar-refractivity contribution in [1.29, 1.82) is 0 Å². The number of aryl methyl sites for hydroxylation is 1. The molecule has 100 valence electrons. The molecule has 1 aromatic carbocycles. The van der Waals surface area contributed by atoms with Gasteiger partial charge in [-0.05, 0) is 36.3 Å². The van der Waals surface area contributed by atoms with Crippen molar-refractivity contribution in [3.8, 4) is 5.75 Å². The third kappa shape index (κ3) is 4.33. The van der Waals surface area contributed by atoms with Crippen LogP contribution in [0.1, 0.15) is 12.0 Å². The van der Waals surface area contributed by atoms with Crippen LogP contribution in [0, 0.1) is 0 Å². The fraction of sp³-hybridized carbons (Fsp3) is 0.214. The first-order valence-corrected chi connectivity index (χ1v) is 7.30. The zero-order valence-electron chi connectivity index (χ0n) is 10.2. The Labute approximate surface area is 120 Å². The van der Waals surface area contributed by atoms with Gasteiger partial charge in [-0.15, -0.1) is 11.8 Å². The van der Waals surface area contributed by atoms with Gasteiger partial charge in [0, 0.05) is 22.2 Å². The maximum atomic E-state index is 11.0. The van der Waals surface area contributed by atoms with Crippen LogP contribution < -0.4 is 5.56 Å². The molecule has 3 nitrogen and oxygen atoms in total. The first kappa shape index (κ1) is 14.0. The molecule has 2 aromatic rings. The van der Waals surface area contributed by atoms with E-state index in [1.54, 1.807) is 18.0 Å². The van der Waals surface area contributed by atoms with Crippen molar-refractivity contribution >= 4 is 23.4 Å². The van der Waals surface area contributed by atoms with Gasteiger partial charge in [0.25, 0.3) is 5.56 Å². The van der Waals surface area contributed by atoms with E-state index in [0.29, 0.717) is 0 Å². The number of thioether (sulfide) groups is 1. The van der Waals surface area contributed by atoms with Crippen LogP contribution in [-0.4, -0.2) is 15.8 Å². The molecule has 0 spiro atoms. The van der Waals surface area contributed by atoms with Gasteiger partial charge in [0.1, 0.15) is 0 Å². The second kappa shape index (κ2) is 6.68. The summed E-state index contributed by atoms with van der Waals surface area (Å²) in [7, 11) is 0. The summed E-state index contributed by atoms with van der Waals surface area (Å²) in [5, 5.41) is 10.0. The monoisotopic (exact) mass is 295 g/mol. The van der Waals surface area contributed by atoms with E-state index in [0.717, 1.165) is 28.5 Å². The summed E-state index contributed by atoms with van der Waals surface area (Å²) < 4.78 is 0. The number of halogens is 1. The highest BCUT2D eigenvalue weighted by atomic mass is 35.5. The summed E-state index contributed by atoms with van der Waals surface area (Å²) in [6.45, 7) is 0. The number of aromatic nitrogens is 1. The minimum absolute atomic E-state index is 0.234. The van der Waals surface area contributed by atoms with Gasteiger partial charge in [-0.3, -0.25) is 4.79 Å². The first-order valence-electron chi connectivity index (χ1n) is 5.94. The molecule has 1 heterocycles. The number of H-pyrrole nitrogens is 1. The minimum atomic E-state index is -0.453. The Morgan fingerprint density at radius 2 is 2.00 bits per heavy atom. The van der Waals surface area contributed by atoms with Crippen LogP contribution in [-0.2, 0) is 6.42 Å². The van der Waals surface area contributed by atoms with Crippen LogP contribution in [0.3, 0.4) is 0 Å². The van der Waals surface area contributed by atoms with Crippen molar-refractivity contribution in [2.24, 2.45) is 0 Å². The highest BCUT2D eigenvalue weighted by Gasteiger charge is 2.00. The zero-order chi connectivity index (χ0) is 13.7. The molecule has 0 radical (unpaired) electrons. The van der Waals surface area contributed by atoms with E-state index in [2.05, 4.69) is 4.98 Å². The predicted molar refractivity (Wildman–Crippen MR) is 79.2 cm³/mol. The summed E-state index contributed by atoms with van der Waals surface area (Å²) in [6, 6.07) is 9.33. The van der Waals surface area contributed by atoms with Crippen molar-refractivity contribution in [3.63, 3.8) is 0 Å². The van der Waals surface area contributed by atoms with Gasteiger partial charge < -0.3 is 10.1 Å². The summed E-state index contributed by atoms with van der Waals surface area (Å²) in [4.78, 5) is 14.3. The minimum Gasteiger partial charge on any atom is -0.503 e. The molecule has 0 aliphatic rings. The second-order valence-corrected chi connectivity index (χ2v) is 5.73. The van der Waals surface area contributed by atoms with E-state index in [-0.39, 0.29) is 5.75 Å². The lowest BCUT2D eigenvalue weighted by Gasteiger charge is -2.03. The smallest absolute Gasteiger partial charge is 0.290 e. The van der Waals surface area contributed by atoms with Crippen molar-refractivity contribution < 1.29 is 5.11 Å². The molecule has 19 heavy (non-hydrogen) atoms. The molecule has 5 heteroatoms. The standard InChI is InChI=1S/C14H14ClNO2S/c15-11-5-3-10(4-6-11)2-1-7-19-12-8-13(17)14(18)16-9-12/h3-6,8-9,17H,1-2,7H2,(H,16,18). The Balaban J connectivity index is 1.79. The summed E-state index contributed by atoms with van der Waals surface area (Å²) >= 11 is 7.43. The Bertz CT molecular complexity index is 595. The molecule has 0 saturated carbocycles. The van der Waals surface area contributed by atoms with Crippen LogP contribution in [0.4, 0.5) is 0 Å². The normalized spacial score (nSPS) is 10.6. The number of pyridine rings is 1. The molecule has 2 N–H and O–H groups in total. The van der Waals surface area contributed by atoms with E-state index >= 15 is 0 Å². The number of rotatable bonds is 5. The zero-order valence-corrected chi connectivity index (χ0v) is 11.8. The lowest BCUT2D eigenvalue weighted by Crippen LogP contribution is -2.03. The van der Waals surface area contributed by atoms with Gasteiger partial charge in [0.15, 0.2) is 5.75 Å². The van der Waals surface area contributed by atoms with Gasteiger partial charge in [-0.2, -0.15) is 0 Å². The van der Waals surface area contributed by atoms with Crippen molar-refractivity contribution in [3.05, 3.63) is 57.5 Å². The molecule has 0 aliphatic heterocycles. The first-order chi connectivity index (χ1) is 9.15. The van der Waals surface area contributed by atoms with Gasteiger partial charge in [-0.1, -0.05) is 23.7 Å². The number of aromatic amines is 1. The van der Waals surface area contributed by atoms with Crippen LogP contribution in [0.5, 0.6) is 5.75 Å². The van der Waals surface area contributed by atoms with E-state index in [4.69, 9.17) is 11.6 Å². The largest absolute Gasteiger partial charge is 0.503 e. The fourth-order valence-corrected chi connectivity index (χ4v) is 2.64. The third-order valence-electron chi connectivity index (χ3n) is 2.65. The lowest BCUT2D eigenvalue weighted by molar-refractivity contribution is 0.464. The van der Waals surface area contributed by atoms with Crippen molar-refractivity contribution in [2.75, 3.05) is 5.75 Å². The van der Waals surface area contributed by atoms with E-state index < -0.39 is 5.56 Å². The summed E-state index contributed by atoms with van der Waals surface area (Å²) in [5.41, 5.74) is 0.805. The van der Waals surface area contributed by atoms with E-state index in [1.165, 1.54) is 11.6 Å². The molecule has 1 aromatic heterocycles. The second-order valence-electron chi connectivity index (χ2n) is 4.13. The summed E-state index contributed by atoms with van der Waals surface area (Å²) in [5.74, 6) is 0.691. The van der Waals surface area contributed by atoms with Gasteiger partial charge in [0.05, 0.1) is 0 Å². The van der Waals surface area contributed by atoms with Gasteiger partial charge in [0.2, 0.25) is 0 Å². The number of nitrogens with one attached hydrogen (secondary N) is 1. The predicted octanol–water partition coefficient (Wildman–Crippen LogP) is 3.46. The van der Waals surface area contributed by atoms with Crippen LogP contribution in [0.2, 0.25) is 5.02 Å². The quantitative estimate of drug-likeness (QED) is 0.656. The molecule has 0 fully saturated rings. The molecule has 0 bridgehead atoms. The number of hydrogen-bond acceptors (Lipinski definition) is 3. The topological polar surface area (TPSA) is 53.1 Å². The molecule has 2 rings (SSSR count). The summed E-state index contributed by atoms with van der Waals surface area (Å²) in [6.07, 6.45) is 3.63.